The van der Waals surface area contributed by atoms with Gasteiger partial charge in [-0.15, -0.1) is 0 Å². The molecule has 0 saturated heterocycles. The Morgan fingerprint density at radius 2 is 0.960 bits per heavy atom. The van der Waals surface area contributed by atoms with Gasteiger partial charge < -0.3 is 8.85 Å². The maximum Gasteiger partial charge on any atom is 0.454 e. The fourth-order valence-electron chi connectivity index (χ4n) is 2.13. The zero-order valence-corrected chi connectivity index (χ0v) is 14.2. The molecule has 136 valence electrons. The van der Waals surface area contributed by atoms with Gasteiger partial charge in [0.05, 0.1) is 11.1 Å². The lowest BCUT2D eigenvalue weighted by molar-refractivity contribution is -0.138. The van der Waals surface area contributed by atoms with Crippen LogP contribution < -0.4 is 8.85 Å². The maximum atomic E-state index is 13.0. The Hall–Kier alpha value is -2.16. The van der Waals surface area contributed by atoms with Crippen LogP contribution in [0.25, 0.3) is 0 Å². The molecule has 2 rings (SSSR count). The van der Waals surface area contributed by atoms with Crippen molar-refractivity contribution in [2.75, 3.05) is 0 Å². The first-order chi connectivity index (χ1) is 11.4. The number of benzene rings is 2. The van der Waals surface area contributed by atoms with Gasteiger partial charge in [0.25, 0.3) is 0 Å². The van der Waals surface area contributed by atoms with Crippen molar-refractivity contribution in [3.8, 4) is 11.5 Å². The Balaban J connectivity index is 2.31. The second-order valence-electron chi connectivity index (χ2n) is 5.59. The van der Waals surface area contributed by atoms with Crippen LogP contribution in [0.5, 0.6) is 11.5 Å². The van der Waals surface area contributed by atoms with Crippen LogP contribution in [0.3, 0.4) is 0 Å². The summed E-state index contributed by atoms with van der Waals surface area (Å²) in [4.78, 5) is 0. The van der Waals surface area contributed by atoms with E-state index in [0.717, 1.165) is 24.3 Å². The molecule has 0 atom stereocenters. The van der Waals surface area contributed by atoms with E-state index in [1.165, 1.54) is 37.4 Å². The molecule has 0 aliphatic heterocycles. The molecule has 0 aromatic heterocycles. The summed E-state index contributed by atoms with van der Waals surface area (Å²) in [5, 5.41) is 0. The molecule has 0 aliphatic rings. The van der Waals surface area contributed by atoms with E-state index in [9.17, 15) is 26.3 Å². The predicted molar refractivity (Wildman–Crippen MR) is 81.6 cm³/mol. The molecule has 25 heavy (non-hydrogen) atoms. The van der Waals surface area contributed by atoms with Crippen LogP contribution in [-0.2, 0) is 12.4 Å². The molecule has 0 heterocycles. The van der Waals surface area contributed by atoms with Gasteiger partial charge in [-0.1, -0.05) is 24.3 Å². The molecule has 0 spiro atoms. The Kier molecular flexibility index (Phi) is 5.08. The highest BCUT2D eigenvalue weighted by atomic mass is 28.4. The summed E-state index contributed by atoms with van der Waals surface area (Å²) in [5.74, 6) is -0.952. The van der Waals surface area contributed by atoms with E-state index < -0.39 is 43.5 Å². The number of para-hydroxylation sites is 2. The topological polar surface area (TPSA) is 18.5 Å². The minimum Gasteiger partial charge on any atom is -0.512 e. The van der Waals surface area contributed by atoms with Gasteiger partial charge in [0.2, 0.25) is 0 Å². The molecular formula is C16H14F6O2Si. The number of hydrogen-bond donors (Lipinski definition) is 0. The Labute approximate surface area is 141 Å². The molecule has 0 radical (unpaired) electrons. The normalized spacial score (nSPS) is 12.8. The molecule has 2 aromatic rings. The van der Waals surface area contributed by atoms with Gasteiger partial charge in [-0.25, -0.2) is 0 Å². The van der Waals surface area contributed by atoms with E-state index in [4.69, 9.17) is 8.85 Å². The second-order valence-corrected chi connectivity index (χ2v) is 8.80. The lowest BCUT2D eigenvalue weighted by Gasteiger charge is -2.27. The summed E-state index contributed by atoms with van der Waals surface area (Å²) in [5.41, 5.74) is -2.02. The number of hydrogen-bond acceptors (Lipinski definition) is 2. The van der Waals surface area contributed by atoms with Crippen LogP contribution in [0.1, 0.15) is 11.1 Å². The average molecular weight is 380 g/mol. The zero-order chi connectivity index (χ0) is 18.9. The Morgan fingerprint density at radius 3 is 1.28 bits per heavy atom. The Morgan fingerprint density at radius 1 is 0.640 bits per heavy atom. The predicted octanol–water partition coefficient (Wildman–Crippen LogP) is 5.88. The number of alkyl halides is 6. The molecule has 2 nitrogen and oxygen atoms in total. The summed E-state index contributed by atoms with van der Waals surface area (Å²) in [6.07, 6.45) is -9.30. The van der Waals surface area contributed by atoms with Crippen LogP contribution in [0.15, 0.2) is 48.5 Å². The van der Waals surface area contributed by atoms with E-state index in [1.807, 2.05) is 0 Å². The molecule has 0 unspecified atom stereocenters. The largest absolute Gasteiger partial charge is 0.512 e. The van der Waals surface area contributed by atoms with E-state index in [0.29, 0.717) is 0 Å². The van der Waals surface area contributed by atoms with Crippen molar-refractivity contribution in [2.24, 2.45) is 0 Å². The number of rotatable bonds is 4. The van der Waals surface area contributed by atoms with Crippen LogP contribution in [0.4, 0.5) is 26.3 Å². The minimum absolute atomic E-state index is 0.476. The molecule has 0 N–H and O–H groups in total. The summed E-state index contributed by atoms with van der Waals surface area (Å²) >= 11 is 0. The van der Waals surface area contributed by atoms with Crippen molar-refractivity contribution in [1.82, 2.24) is 0 Å². The molecule has 0 fully saturated rings. The molecule has 0 amide bonds. The first-order valence-corrected chi connectivity index (χ1v) is 9.92. The third kappa shape index (κ3) is 4.91. The molecule has 9 heteroatoms. The lowest BCUT2D eigenvalue weighted by atomic mass is 10.2. The molecule has 0 saturated carbocycles. The quantitative estimate of drug-likeness (QED) is 0.487. The number of halogens is 6. The van der Waals surface area contributed by atoms with E-state index >= 15 is 0 Å². The highest BCUT2D eigenvalue weighted by Gasteiger charge is 2.40. The van der Waals surface area contributed by atoms with Crippen LogP contribution >= 0.6 is 0 Å². The SMILES string of the molecule is C[Si](C)(Oc1ccccc1C(F)(F)F)Oc1ccccc1C(F)(F)F. The fourth-order valence-corrected chi connectivity index (χ4v) is 3.59. The van der Waals surface area contributed by atoms with Crippen molar-refractivity contribution >= 4 is 8.56 Å². The van der Waals surface area contributed by atoms with Gasteiger partial charge in [-0.2, -0.15) is 26.3 Å². The summed E-state index contributed by atoms with van der Waals surface area (Å²) in [6, 6.07) is 8.98. The molecule has 0 bridgehead atoms. The molecular weight excluding hydrogens is 366 g/mol. The summed E-state index contributed by atoms with van der Waals surface area (Å²) in [6.45, 7) is 2.74. The standard InChI is InChI=1S/C16H14F6O2Si/c1-25(2,23-13-9-5-3-7-11(13)15(17,18)19)24-14-10-6-4-8-12(14)16(20,21)22/h3-10H,1-2H3. The van der Waals surface area contributed by atoms with E-state index in [2.05, 4.69) is 0 Å². The van der Waals surface area contributed by atoms with Crippen LogP contribution in [-0.4, -0.2) is 8.56 Å². The average Bonchev–Trinajstić information content (AvgIpc) is 2.45. The van der Waals surface area contributed by atoms with Gasteiger partial charge in [-0.05, 0) is 24.3 Å². The van der Waals surface area contributed by atoms with Crippen molar-refractivity contribution in [3.05, 3.63) is 59.7 Å². The van der Waals surface area contributed by atoms with Crippen LogP contribution in [0.2, 0.25) is 13.1 Å². The van der Waals surface area contributed by atoms with E-state index in [-0.39, 0.29) is 0 Å². The van der Waals surface area contributed by atoms with Gasteiger partial charge >= 0.3 is 20.9 Å². The summed E-state index contributed by atoms with van der Waals surface area (Å²) in [7, 11) is -3.41. The smallest absolute Gasteiger partial charge is 0.454 e. The van der Waals surface area contributed by atoms with Gasteiger partial charge in [0.1, 0.15) is 11.5 Å². The van der Waals surface area contributed by atoms with E-state index in [1.54, 1.807) is 0 Å². The highest BCUT2D eigenvalue weighted by molar-refractivity contribution is 6.66. The maximum absolute atomic E-state index is 13.0. The third-order valence-electron chi connectivity index (χ3n) is 3.10. The minimum atomic E-state index is -4.65. The first-order valence-electron chi connectivity index (χ1n) is 7.11. The van der Waals surface area contributed by atoms with Crippen molar-refractivity contribution in [2.45, 2.75) is 25.4 Å². The van der Waals surface area contributed by atoms with Crippen molar-refractivity contribution in [1.29, 1.82) is 0 Å². The first kappa shape index (κ1) is 19.2. The van der Waals surface area contributed by atoms with Crippen molar-refractivity contribution in [3.63, 3.8) is 0 Å². The second kappa shape index (κ2) is 6.62. The van der Waals surface area contributed by atoms with Gasteiger partial charge in [0, 0.05) is 13.1 Å². The Bertz CT molecular complexity index is 678. The summed E-state index contributed by atoms with van der Waals surface area (Å²) < 4.78 is 88.8. The molecule has 0 aliphatic carbocycles. The molecule has 2 aromatic carbocycles. The third-order valence-corrected chi connectivity index (χ3v) is 4.52. The van der Waals surface area contributed by atoms with Gasteiger partial charge in [-0.3, -0.25) is 0 Å². The zero-order valence-electron chi connectivity index (χ0n) is 13.2. The fraction of sp³-hybridized carbons (Fsp3) is 0.250. The van der Waals surface area contributed by atoms with Crippen molar-refractivity contribution < 1.29 is 35.2 Å². The van der Waals surface area contributed by atoms with Gasteiger partial charge in [0.15, 0.2) is 0 Å². The monoisotopic (exact) mass is 380 g/mol. The lowest BCUT2D eigenvalue weighted by Crippen LogP contribution is -2.42. The highest BCUT2D eigenvalue weighted by Crippen LogP contribution is 2.39. The van der Waals surface area contributed by atoms with Crippen LogP contribution in [0, 0.1) is 0 Å².